The molecular formula is C13H20N4O. The van der Waals surface area contributed by atoms with Crippen LogP contribution in [-0.4, -0.2) is 22.2 Å². The van der Waals surface area contributed by atoms with E-state index in [4.69, 9.17) is 15.6 Å². The molecule has 3 atom stereocenters. The molecule has 0 spiro atoms. The summed E-state index contributed by atoms with van der Waals surface area (Å²) in [6.45, 7) is 4.12. The van der Waals surface area contributed by atoms with Crippen molar-refractivity contribution in [3.8, 4) is 0 Å². The van der Waals surface area contributed by atoms with Gasteiger partial charge in [-0.25, -0.2) is 15.8 Å². The Labute approximate surface area is 107 Å². The minimum atomic E-state index is 0.313. The molecular weight excluding hydrogens is 228 g/mol. The molecule has 0 aliphatic carbocycles. The highest BCUT2D eigenvalue weighted by atomic mass is 16.5. The Kier molecular flexibility index (Phi) is 2.95. The summed E-state index contributed by atoms with van der Waals surface area (Å²) in [7, 11) is 0. The smallest absolute Gasteiger partial charge is 0.146 e. The van der Waals surface area contributed by atoms with Crippen LogP contribution in [0.15, 0.2) is 0 Å². The molecule has 2 saturated heterocycles. The second-order valence-electron chi connectivity index (χ2n) is 5.22. The molecule has 2 fully saturated rings. The van der Waals surface area contributed by atoms with E-state index < -0.39 is 0 Å². The molecule has 0 saturated carbocycles. The zero-order chi connectivity index (χ0) is 12.7. The Balaban J connectivity index is 1.97. The number of nitrogens with zero attached hydrogens (tertiary/aromatic N) is 2. The number of hydrogen-bond acceptors (Lipinski definition) is 5. The van der Waals surface area contributed by atoms with Gasteiger partial charge in [-0.05, 0) is 32.6 Å². The van der Waals surface area contributed by atoms with Crippen molar-refractivity contribution < 1.29 is 4.74 Å². The Morgan fingerprint density at radius 1 is 1.39 bits per heavy atom. The fraction of sp³-hybridized carbons (Fsp3) is 0.692. The molecule has 5 heteroatoms. The highest BCUT2D eigenvalue weighted by Crippen LogP contribution is 2.43. The zero-order valence-electron chi connectivity index (χ0n) is 10.9. The number of nitrogens with two attached hydrogens (primary N) is 1. The van der Waals surface area contributed by atoms with Gasteiger partial charge in [-0.1, -0.05) is 6.92 Å². The number of aryl methyl sites for hydroxylation is 1. The maximum atomic E-state index is 5.88. The van der Waals surface area contributed by atoms with Crippen LogP contribution < -0.4 is 11.3 Å². The third-order valence-corrected chi connectivity index (χ3v) is 4.17. The lowest BCUT2D eigenvalue weighted by Crippen LogP contribution is -2.20. The van der Waals surface area contributed by atoms with Gasteiger partial charge < -0.3 is 10.2 Å². The second-order valence-corrected chi connectivity index (χ2v) is 5.22. The molecule has 3 N–H and O–H groups in total. The van der Waals surface area contributed by atoms with Crippen LogP contribution in [0.3, 0.4) is 0 Å². The van der Waals surface area contributed by atoms with Gasteiger partial charge in [0.25, 0.3) is 0 Å². The molecule has 18 heavy (non-hydrogen) atoms. The maximum absolute atomic E-state index is 5.88. The molecule has 1 aromatic heterocycles. The number of fused-ring (bicyclic) bond motifs is 2. The van der Waals surface area contributed by atoms with Crippen LogP contribution in [-0.2, 0) is 11.2 Å². The third-order valence-electron chi connectivity index (χ3n) is 4.17. The topological polar surface area (TPSA) is 73.1 Å². The number of rotatable bonds is 3. The van der Waals surface area contributed by atoms with E-state index in [1.165, 1.54) is 6.42 Å². The molecule has 1 aromatic rings. The average molecular weight is 248 g/mol. The van der Waals surface area contributed by atoms with Crippen molar-refractivity contribution in [1.29, 1.82) is 0 Å². The lowest BCUT2D eigenvalue weighted by atomic mass is 9.88. The van der Waals surface area contributed by atoms with E-state index in [2.05, 4.69) is 17.3 Å². The highest BCUT2D eigenvalue weighted by Gasteiger charge is 2.43. The van der Waals surface area contributed by atoms with Crippen molar-refractivity contribution in [1.82, 2.24) is 9.97 Å². The van der Waals surface area contributed by atoms with Crippen molar-refractivity contribution in [3.63, 3.8) is 0 Å². The van der Waals surface area contributed by atoms with Gasteiger partial charge >= 0.3 is 0 Å². The van der Waals surface area contributed by atoms with E-state index in [9.17, 15) is 0 Å². The predicted octanol–water partition coefficient (Wildman–Crippen LogP) is 1.67. The SMILES string of the molecule is CCc1nc(C2CC3CCC2O3)nc(NN)c1C. The fourth-order valence-electron chi connectivity index (χ4n) is 3.14. The minimum Gasteiger partial charge on any atom is -0.374 e. The minimum absolute atomic E-state index is 0.313. The normalized spacial score (nSPS) is 29.8. The maximum Gasteiger partial charge on any atom is 0.146 e. The van der Waals surface area contributed by atoms with E-state index in [1.54, 1.807) is 0 Å². The van der Waals surface area contributed by atoms with E-state index in [0.29, 0.717) is 18.1 Å². The number of hydrogen-bond donors (Lipinski definition) is 2. The van der Waals surface area contributed by atoms with Gasteiger partial charge in [0, 0.05) is 17.2 Å². The van der Waals surface area contributed by atoms with Crippen molar-refractivity contribution in [2.45, 2.75) is 57.7 Å². The van der Waals surface area contributed by atoms with Gasteiger partial charge in [0.05, 0.1) is 12.2 Å². The third kappa shape index (κ3) is 1.78. The number of hydrazine groups is 1. The average Bonchev–Trinajstić information content (AvgIpc) is 3.01. The van der Waals surface area contributed by atoms with Gasteiger partial charge in [-0.2, -0.15) is 0 Å². The second kappa shape index (κ2) is 4.48. The summed E-state index contributed by atoms with van der Waals surface area (Å²) in [5, 5.41) is 0. The quantitative estimate of drug-likeness (QED) is 0.629. The van der Waals surface area contributed by atoms with Crippen molar-refractivity contribution in [2.24, 2.45) is 5.84 Å². The first kappa shape index (κ1) is 11.9. The van der Waals surface area contributed by atoms with Gasteiger partial charge in [0.15, 0.2) is 0 Å². The summed E-state index contributed by atoms with van der Waals surface area (Å²) in [4.78, 5) is 9.29. The molecule has 2 aliphatic rings. The largest absolute Gasteiger partial charge is 0.374 e. The van der Waals surface area contributed by atoms with Crippen LogP contribution in [0.2, 0.25) is 0 Å². The van der Waals surface area contributed by atoms with E-state index in [-0.39, 0.29) is 0 Å². The summed E-state index contributed by atoms with van der Waals surface area (Å²) in [5.74, 6) is 7.55. The number of aromatic nitrogens is 2. The number of nitrogens with one attached hydrogen (secondary N) is 1. The summed E-state index contributed by atoms with van der Waals surface area (Å²) in [6.07, 6.45) is 5.02. The number of nitrogen functional groups attached to an aromatic ring is 1. The van der Waals surface area contributed by atoms with Crippen LogP contribution in [0.5, 0.6) is 0 Å². The van der Waals surface area contributed by atoms with Gasteiger partial charge in [-0.15, -0.1) is 0 Å². The first-order chi connectivity index (χ1) is 8.72. The molecule has 98 valence electrons. The van der Waals surface area contributed by atoms with Gasteiger partial charge in [0.2, 0.25) is 0 Å². The van der Waals surface area contributed by atoms with Gasteiger partial charge in [0.1, 0.15) is 11.6 Å². The first-order valence-corrected chi connectivity index (χ1v) is 6.72. The summed E-state index contributed by atoms with van der Waals surface area (Å²) in [6, 6.07) is 0. The number of ether oxygens (including phenoxy) is 1. The predicted molar refractivity (Wildman–Crippen MR) is 69.2 cm³/mol. The van der Waals surface area contributed by atoms with Crippen LogP contribution in [0.1, 0.15) is 49.2 Å². The first-order valence-electron chi connectivity index (χ1n) is 6.72. The van der Waals surface area contributed by atoms with Crippen LogP contribution >= 0.6 is 0 Å². The van der Waals surface area contributed by atoms with Crippen LogP contribution in [0.4, 0.5) is 5.82 Å². The van der Waals surface area contributed by atoms with Gasteiger partial charge in [-0.3, -0.25) is 0 Å². The van der Waals surface area contributed by atoms with Crippen molar-refractivity contribution in [3.05, 3.63) is 17.1 Å². The fourth-order valence-corrected chi connectivity index (χ4v) is 3.14. The van der Waals surface area contributed by atoms with E-state index in [1.807, 2.05) is 6.92 Å². The molecule has 3 unspecified atom stereocenters. The molecule has 2 bridgehead atoms. The Bertz CT molecular complexity index is 437. The van der Waals surface area contributed by atoms with Crippen LogP contribution in [0.25, 0.3) is 0 Å². The summed E-state index contributed by atoms with van der Waals surface area (Å²) >= 11 is 0. The van der Waals surface area contributed by atoms with Crippen molar-refractivity contribution >= 4 is 5.82 Å². The highest BCUT2D eigenvalue weighted by molar-refractivity contribution is 5.45. The molecule has 0 aromatic carbocycles. The molecule has 3 rings (SSSR count). The lowest BCUT2D eigenvalue weighted by molar-refractivity contribution is 0.0998. The van der Waals surface area contributed by atoms with E-state index in [0.717, 1.165) is 42.2 Å². The Morgan fingerprint density at radius 2 is 2.22 bits per heavy atom. The Hall–Kier alpha value is -1.20. The lowest BCUT2D eigenvalue weighted by Gasteiger charge is -2.19. The van der Waals surface area contributed by atoms with E-state index >= 15 is 0 Å². The molecule has 2 aliphatic heterocycles. The molecule has 5 nitrogen and oxygen atoms in total. The Morgan fingerprint density at radius 3 is 2.78 bits per heavy atom. The summed E-state index contributed by atoms with van der Waals surface area (Å²) in [5.41, 5.74) is 4.81. The van der Waals surface area contributed by atoms with Crippen LogP contribution in [0, 0.1) is 6.92 Å². The summed E-state index contributed by atoms with van der Waals surface area (Å²) < 4.78 is 5.88. The standard InChI is InChI=1S/C13H20N4O/c1-3-10-7(2)12(17-14)16-13(15-10)9-6-8-4-5-11(9)18-8/h8-9,11H,3-6,14H2,1-2H3,(H,15,16,17). The zero-order valence-corrected chi connectivity index (χ0v) is 10.9. The number of anilines is 1. The molecule has 0 amide bonds. The molecule has 0 radical (unpaired) electrons. The van der Waals surface area contributed by atoms with Crippen molar-refractivity contribution in [2.75, 3.05) is 5.43 Å². The monoisotopic (exact) mass is 248 g/mol. The molecule has 3 heterocycles.